The lowest BCUT2D eigenvalue weighted by molar-refractivity contribution is 0.0911. The van der Waals surface area contributed by atoms with Crippen LogP contribution in [0.25, 0.3) is 0 Å². The number of imide groups is 1. The van der Waals surface area contributed by atoms with E-state index in [1.165, 1.54) is 19.1 Å². The molecule has 4 amide bonds. The Morgan fingerprint density at radius 3 is 2.00 bits per heavy atom. The summed E-state index contributed by atoms with van der Waals surface area (Å²) < 4.78 is 12.5. The van der Waals surface area contributed by atoms with Gasteiger partial charge in [-0.15, -0.1) is 0 Å². The van der Waals surface area contributed by atoms with Gasteiger partial charge in [0.2, 0.25) is 0 Å². The molecule has 1 aliphatic rings. The number of hydrazine groups is 1. The number of nitrogens with zero attached hydrogens (tertiary/aromatic N) is 2. The first-order valence-electron chi connectivity index (χ1n) is 5.21. The summed E-state index contributed by atoms with van der Waals surface area (Å²) in [6.07, 6.45) is 0. The fourth-order valence-electron chi connectivity index (χ4n) is 1.61. The van der Waals surface area contributed by atoms with Crippen LogP contribution in [-0.4, -0.2) is 36.2 Å². The predicted octanol–water partition coefficient (Wildman–Crippen LogP) is 0.716. The molecular weight excluding hydrogens is 255 g/mol. The van der Waals surface area contributed by atoms with Crippen LogP contribution in [0.4, 0.5) is 9.59 Å². The highest BCUT2D eigenvalue weighted by atomic mass is 31.2. The molecule has 0 aliphatic carbocycles. The fraction of sp³-hybridized carbons (Fsp3) is 0.200. The van der Waals surface area contributed by atoms with E-state index in [1.807, 2.05) is 0 Å². The van der Waals surface area contributed by atoms with Crippen molar-refractivity contribution in [3.8, 4) is 0 Å². The van der Waals surface area contributed by atoms with Crippen molar-refractivity contribution in [3.05, 3.63) is 30.3 Å². The van der Waals surface area contributed by atoms with Crippen LogP contribution in [0.15, 0.2) is 30.3 Å². The van der Waals surface area contributed by atoms with E-state index < -0.39 is 19.5 Å². The Balaban J connectivity index is 2.33. The Kier molecular flexibility index (Phi) is 3.11. The maximum Gasteiger partial charge on any atom is 0.347 e. The lowest BCUT2D eigenvalue weighted by Crippen LogP contribution is -2.60. The summed E-state index contributed by atoms with van der Waals surface area (Å²) in [6, 6.07) is 6.89. The number of hydrogen-bond donors (Lipinski definition) is 2. The highest BCUT2D eigenvalue weighted by Crippen LogP contribution is 2.37. The molecule has 8 heteroatoms. The van der Waals surface area contributed by atoms with Crippen LogP contribution in [-0.2, 0) is 4.57 Å². The summed E-state index contributed by atoms with van der Waals surface area (Å²) in [5.74, 6) is 0. The molecule has 1 aliphatic heterocycles. The average molecular weight is 268 g/mol. The third kappa shape index (κ3) is 2.10. The number of carbonyl (C=O) groups is 2. The average Bonchev–Trinajstić information content (AvgIpc) is 2.28. The van der Waals surface area contributed by atoms with E-state index >= 15 is 0 Å². The van der Waals surface area contributed by atoms with Crippen LogP contribution in [0.3, 0.4) is 0 Å². The van der Waals surface area contributed by atoms with Crippen molar-refractivity contribution in [2.45, 2.75) is 0 Å². The molecule has 7 nitrogen and oxygen atoms in total. The summed E-state index contributed by atoms with van der Waals surface area (Å²) >= 11 is 0. The minimum Gasteiger partial charge on any atom is -0.270 e. The topological polar surface area (TPSA) is 81.8 Å². The van der Waals surface area contributed by atoms with E-state index in [0.29, 0.717) is 5.30 Å². The number of hydrogen-bond acceptors (Lipinski definition) is 4. The first-order valence-corrected chi connectivity index (χ1v) is 6.92. The second-order valence-electron chi connectivity index (χ2n) is 3.94. The van der Waals surface area contributed by atoms with Gasteiger partial charge in [-0.3, -0.25) is 14.7 Å². The number of rotatable bonds is 2. The minimum atomic E-state index is -3.42. The lowest BCUT2D eigenvalue weighted by atomic mass is 10.4. The lowest BCUT2D eigenvalue weighted by Gasteiger charge is -2.35. The molecule has 18 heavy (non-hydrogen) atoms. The highest BCUT2D eigenvalue weighted by molar-refractivity contribution is 7.69. The normalized spacial score (nSPS) is 18.5. The molecule has 1 fully saturated rings. The van der Waals surface area contributed by atoms with Crippen LogP contribution < -0.4 is 15.5 Å². The predicted molar refractivity (Wildman–Crippen MR) is 66.3 cm³/mol. The van der Waals surface area contributed by atoms with Crippen LogP contribution in [0.2, 0.25) is 0 Å². The molecule has 2 rings (SSSR count). The molecule has 1 heterocycles. The van der Waals surface area contributed by atoms with Crippen molar-refractivity contribution in [2.24, 2.45) is 0 Å². The van der Waals surface area contributed by atoms with Crippen molar-refractivity contribution >= 4 is 24.8 Å². The van der Waals surface area contributed by atoms with Crippen molar-refractivity contribution in [2.75, 3.05) is 14.1 Å². The van der Waals surface area contributed by atoms with Gasteiger partial charge < -0.3 is 0 Å². The molecule has 0 saturated carbocycles. The minimum absolute atomic E-state index is 0.380. The smallest absolute Gasteiger partial charge is 0.270 e. The molecule has 1 aromatic carbocycles. The first-order chi connectivity index (χ1) is 8.44. The van der Waals surface area contributed by atoms with E-state index in [0.717, 1.165) is 5.01 Å². The van der Waals surface area contributed by atoms with Gasteiger partial charge in [0.05, 0.1) is 5.30 Å². The van der Waals surface area contributed by atoms with E-state index in [-0.39, 0.29) is 0 Å². The van der Waals surface area contributed by atoms with Crippen LogP contribution in [0.1, 0.15) is 0 Å². The van der Waals surface area contributed by atoms with Gasteiger partial charge >= 0.3 is 12.1 Å². The molecule has 0 atom stereocenters. The molecule has 1 aromatic rings. The van der Waals surface area contributed by atoms with Crippen molar-refractivity contribution in [3.63, 3.8) is 0 Å². The van der Waals surface area contributed by atoms with Gasteiger partial charge in [-0.25, -0.2) is 14.6 Å². The second-order valence-corrected chi connectivity index (χ2v) is 6.12. The van der Waals surface area contributed by atoms with Crippen LogP contribution in [0.5, 0.6) is 0 Å². The summed E-state index contributed by atoms with van der Waals surface area (Å²) in [6.45, 7) is 0. The molecule has 0 radical (unpaired) electrons. The monoisotopic (exact) mass is 268 g/mol. The van der Waals surface area contributed by atoms with Gasteiger partial charge in [-0.2, -0.15) is 5.01 Å². The zero-order valence-corrected chi connectivity index (χ0v) is 10.8. The maximum atomic E-state index is 12.5. The summed E-state index contributed by atoms with van der Waals surface area (Å²) in [7, 11) is -0.343. The quantitative estimate of drug-likeness (QED) is 0.774. The van der Waals surface area contributed by atoms with E-state index in [9.17, 15) is 14.2 Å². The molecule has 0 unspecified atom stereocenters. The Bertz CT molecular complexity index is 509. The SMILES string of the molecule is CN(C)N1C(=O)NP(=O)(c2ccccc2)NC1=O. The van der Waals surface area contributed by atoms with Crippen LogP contribution in [0, 0.1) is 0 Å². The van der Waals surface area contributed by atoms with Gasteiger partial charge in [-0.1, -0.05) is 18.2 Å². The summed E-state index contributed by atoms with van der Waals surface area (Å²) in [5.41, 5.74) is 0. The zero-order chi connectivity index (χ0) is 13.3. The number of nitrogens with one attached hydrogen (secondary N) is 2. The Hall–Kier alpha value is -1.85. The van der Waals surface area contributed by atoms with Gasteiger partial charge in [0.25, 0.3) is 7.44 Å². The number of amides is 4. The van der Waals surface area contributed by atoms with Gasteiger partial charge in [-0.05, 0) is 12.1 Å². The standard InChI is InChI=1S/C10H13N4O3P/c1-13(2)14-9(15)11-18(17,12-10(14)16)8-6-4-3-5-7-8/h3-7H,1-2H3,(H2,11,12,15,16,17). The molecule has 0 bridgehead atoms. The zero-order valence-electron chi connectivity index (χ0n) is 9.95. The Morgan fingerprint density at radius 2 is 1.56 bits per heavy atom. The molecule has 0 spiro atoms. The molecule has 0 aromatic heterocycles. The summed E-state index contributed by atoms with van der Waals surface area (Å²) in [5, 5.41) is 7.20. The van der Waals surface area contributed by atoms with E-state index in [1.54, 1.807) is 30.3 Å². The molecule has 2 N–H and O–H groups in total. The fourth-order valence-corrected chi connectivity index (χ4v) is 3.25. The summed E-state index contributed by atoms with van der Waals surface area (Å²) in [4.78, 5) is 23.6. The molecule has 96 valence electrons. The van der Waals surface area contributed by atoms with Crippen molar-refractivity contribution < 1.29 is 14.2 Å². The number of carbonyl (C=O) groups excluding carboxylic acids is 2. The number of benzene rings is 1. The van der Waals surface area contributed by atoms with Crippen LogP contribution >= 0.6 is 7.44 Å². The van der Waals surface area contributed by atoms with Gasteiger partial charge in [0.15, 0.2) is 0 Å². The van der Waals surface area contributed by atoms with Gasteiger partial charge in [0, 0.05) is 14.1 Å². The van der Waals surface area contributed by atoms with Crippen molar-refractivity contribution in [1.82, 2.24) is 20.2 Å². The van der Waals surface area contributed by atoms with E-state index in [2.05, 4.69) is 10.2 Å². The largest absolute Gasteiger partial charge is 0.347 e. The Labute approximate surface area is 104 Å². The molecular formula is C10H13N4O3P. The van der Waals surface area contributed by atoms with Crippen molar-refractivity contribution in [1.29, 1.82) is 0 Å². The third-order valence-corrected chi connectivity index (χ3v) is 4.45. The third-order valence-electron chi connectivity index (χ3n) is 2.41. The second kappa shape index (κ2) is 4.44. The first kappa shape index (κ1) is 12.6. The number of urea groups is 2. The van der Waals surface area contributed by atoms with E-state index in [4.69, 9.17) is 0 Å². The Morgan fingerprint density at radius 1 is 1.06 bits per heavy atom. The maximum absolute atomic E-state index is 12.5. The molecule has 1 saturated heterocycles. The highest BCUT2D eigenvalue weighted by Gasteiger charge is 2.41. The van der Waals surface area contributed by atoms with Gasteiger partial charge in [0.1, 0.15) is 0 Å².